The Morgan fingerprint density at radius 3 is 2.78 bits per heavy atom. The molecule has 130 valence electrons. The SMILES string of the molecule is C1COCC(CN2CCC(c3nnc4n3CCNC4)CC2)C1.Cl. The van der Waals surface area contributed by atoms with E-state index in [1.54, 1.807) is 0 Å². The second-order valence-corrected chi connectivity index (χ2v) is 6.96. The number of hydrogen-bond acceptors (Lipinski definition) is 5. The molecule has 1 unspecified atom stereocenters. The van der Waals surface area contributed by atoms with Crippen LogP contribution in [0.4, 0.5) is 0 Å². The van der Waals surface area contributed by atoms with E-state index >= 15 is 0 Å². The van der Waals surface area contributed by atoms with Crippen molar-refractivity contribution in [2.24, 2.45) is 5.92 Å². The lowest BCUT2D eigenvalue weighted by Gasteiger charge is -2.35. The first-order chi connectivity index (χ1) is 10.9. The van der Waals surface area contributed by atoms with Crippen LogP contribution in [0.25, 0.3) is 0 Å². The summed E-state index contributed by atoms with van der Waals surface area (Å²) in [7, 11) is 0. The fourth-order valence-electron chi connectivity index (χ4n) is 4.11. The van der Waals surface area contributed by atoms with Gasteiger partial charge in [-0.15, -0.1) is 22.6 Å². The topological polar surface area (TPSA) is 55.2 Å². The van der Waals surface area contributed by atoms with Crippen molar-refractivity contribution in [3.8, 4) is 0 Å². The van der Waals surface area contributed by atoms with Crippen molar-refractivity contribution in [2.75, 3.05) is 39.4 Å². The molecule has 1 aromatic heterocycles. The Balaban J connectivity index is 0.00000156. The van der Waals surface area contributed by atoms with E-state index < -0.39 is 0 Å². The minimum Gasteiger partial charge on any atom is -0.381 e. The lowest BCUT2D eigenvalue weighted by atomic mass is 9.94. The average Bonchev–Trinajstić information content (AvgIpc) is 3.01. The molecule has 0 aliphatic carbocycles. The van der Waals surface area contributed by atoms with Gasteiger partial charge in [-0.2, -0.15) is 0 Å². The summed E-state index contributed by atoms with van der Waals surface area (Å²) in [4.78, 5) is 2.63. The highest BCUT2D eigenvalue weighted by atomic mass is 35.5. The van der Waals surface area contributed by atoms with Crippen molar-refractivity contribution in [2.45, 2.75) is 44.7 Å². The molecule has 1 N–H and O–H groups in total. The first kappa shape index (κ1) is 17.1. The van der Waals surface area contributed by atoms with E-state index in [2.05, 4.69) is 25.0 Å². The summed E-state index contributed by atoms with van der Waals surface area (Å²) in [5, 5.41) is 12.2. The Morgan fingerprint density at radius 1 is 1.13 bits per heavy atom. The van der Waals surface area contributed by atoms with E-state index in [0.717, 1.165) is 44.6 Å². The zero-order valence-corrected chi connectivity index (χ0v) is 14.6. The molecule has 4 heterocycles. The van der Waals surface area contributed by atoms with E-state index in [1.165, 1.54) is 51.1 Å². The summed E-state index contributed by atoms with van der Waals surface area (Å²) < 4.78 is 7.96. The van der Waals surface area contributed by atoms with Crippen LogP contribution in [0.15, 0.2) is 0 Å². The maximum Gasteiger partial charge on any atom is 0.147 e. The normalized spacial score (nSPS) is 26.5. The lowest BCUT2D eigenvalue weighted by molar-refractivity contribution is 0.0344. The molecule has 0 bridgehead atoms. The van der Waals surface area contributed by atoms with E-state index in [-0.39, 0.29) is 12.4 Å². The minimum absolute atomic E-state index is 0. The number of rotatable bonds is 3. The highest BCUT2D eigenvalue weighted by molar-refractivity contribution is 5.85. The van der Waals surface area contributed by atoms with Crippen molar-refractivity contribution in [3.63, 3.8) is 0 Å². The number of ether oxygens (including phenoxy) is 1. The molecule has 3 aliphatic rings. The molecule has 1 aromatic rings. The van der Waals surface area contributed by atoms with Crippen molar-refractivity contribution in [1.29, 1.82) is 0 Å². The van der Waals surface area contributed by atoms with Gasteiger partial charge in [0.15, 0.2) is 0 Å². The zero-order valence-electron chi connectivity index (χ0n) is 13.7. The lowest BCUT2D eigenvalue weighted by Crippen LogP contribution is -2.39. The predicted octanol–water partition coefficient (Wildman–Crippen LogP) is 1.41. The molecule has 0 radical (unpaired) electrons. The number of fused-ring (bicyclic) bond motifs is 1. The van der Waals surface area contributed by atoms with Crippen LogP contribution >= 0.6 is 12.4 Å². The van der Waals surface area contributed by atoms with Crippen LogP contribution in [-0.2, 0) is 17.8 Å². The number of piperidine rings is 1. The standard InChI is InChI=1S/C16H27N5O.ClH/c1-2-13(12-22-9-1)11-20-6-3-14(4-7-20)16-19-18-15-10-17-5-8-21(15)16;/h13-14,17H,1-12H2;1H. The zero-order chi connectivity index (χ0) is 14.8. The van der Waals surface area contributed by atoms with E-state index in [0.29, 0.717) is 5.92 Å². The first-order valence-corrected chi connectivity index (χ1v) is 8.83. The van der Waals surface area contributed by atoms with Gasteiger partial charge in [-0.1, -0.05) is 0 Å². The Bertz CT molecular complexity index is 495. The second kappa shape index (κ2) is 7.92. The summed E-state index contributed by atoms with van der Waals surface area (Å²) in [5.74, 6) is 3.69. The molecule has 4 rings (SSSR count). The third-order valence-corrected chi connectivity index (χ3v) is 5.38. The number of likely N-dealkylation sites (tertiary alicyclic amines) is 1. The molecule has 6 nitrogen and oxygen atoms in total. The van der Waals surface area contributed by atoms with Gasteiger partial charge < -0.3 is 19.5 Å². The number of nitrogens with zero attached hydrogens (tertiary/aromatic N) is 4. The third kappa shape index (κ3) is 3.87. The largest absolute Gasteiger partial charge is 0.381 e. The molecule has 2 fully saturated rings. The first-order valence-electron chi connectivity index (χ1n) is 8.83. The van der Waals surface area contributed by atoms with Crippen LogP contribution in [0.5, 0.6) is 0 Å². The fourth-order valence-corrected chi connectivity index (χ4v) is 4.11. The van der Waals surface area contributed by atoms with Gasteiger partial charge in [0.1, 0.15) is 11.6 Å². The highest BCUT2D eigenvalue weighted by Gasteiger charge is 2.28. The third-order valence-electron chi connectivity index (χ3n) is 5.38. The van der Waals surface area contributed by atoms with Gasteiger partial charge in [0.05, 0.1) is 13.2 Å². The Morgan fingerprint density at radius 2 is 2.00 bits per heavy atom. The molecular weight excluding hydrogens is 314 g/mol. The van der Waals surface area contributed by atoms with Gasteiger partial charge in [-0.25, -0.2) is 0 Å². The number of halogens is 1. The smallest absolute Gasteiger partial charge is 0.147 e. The maximum absolute atomic E-state index is 5.61. The molecule has 2 saturated heterocycles. The minimum atomic E-state index is 0. The van der Waals surface area contributed by atoms with Gasteiger partial charge in [-0.05, 0) is 44.7 Å². The van der Waals surface area contributed by atoms with Gasteiger partial charge in [0.25, 0.3) is 0 Å². The molecule has 1 atom stereocenters. The van der Waals surface area contributed by atoms with E-state index in [4.69, 9.17) is 4.74 Å². The number of aromatic nitrogens is 3. The average molecular weight is 342 g/mol. The quantitative estimate of drug-likeness (QED) is 0.901. The summed E-state index contributed by atoms with van der Waals surface area (Å²) in [6.07, 6.45) is 5.02. The highest BCUT2D eigenvalue weighted by Crippen LogP contribution is 2.28. The Kier molecular flexibility index (Phi) is 5.91. The van der Waals surface area contributed by atoms with Gasteiger partial charge >= 0.3 is 0 Å². The van der Waals surface area contributed by atoms with Crippen molar-refractivity contribution >= 4 is 12.4 Å². The Labute approximate surface area is 144 Å². The fraction of sp³-hybridized carbons (Fsp3) is 0.875. The molecule has 0 amide bonds. The van der Waals surface area contributed by atoms with Gasteiger partial charge in [0, 0.05) is 32.2 Å². The van der Waals surface area contributed by atoms with Crippen molar-refractivity contribution < 1.29 is 4.74 Å². The monoisotopic (exact) mass is 341 g/mol. The summed E-state index contributed by atoms with van der Waals surface area (Å²) >= 11 is 0. The molecule has 23 heavy (non-hydrogen) atoms. The van der Waals surface area contributed by atoms with E-state index in [9.17, 15) is 0 Å². The molecule has 7 heteroatoms. The van der Waals surface area contributed by atoms with Crippen molar-refractivity contribution in [1.82, 2.24) is 25.0 Å². The van der Waals surface area contributed by atoms with Crippen molar-refractivity contribution in [3.05, 3.63) is 11.6 Å². The maximum atomic E-state index is 5.61. The molecule has 3 aliphatic heterocycles. The van der Waals surface area contributed by atoms with Gasteiger partial charge in [0.2, 0.25) is 0 Å². The van der Waals surface area contributed by atoms with Crippen LogP contribution in [0.1, 0.15) is 43.3 Å². The number of nitrogens with one attached hydrogen (secondary N) is 1. The van der Waals surface area contributed by atoms with Crippen LogP contribution in [-0.4, -0.2) is 59.1 Å². The summed E-state index contributed by atoms with van der Waals surface area (Å²) in [5.41, 5.74) is 0. The molecular formula is C16H28ClN5O. The summed E-state index contributed by atoms with van der Waals surface area (Å²) in [6, 6.07) is 0. The molecule has 0 saturated carbocycles. The van der Waals surface area contributed by atoms with Crippen LogP contribution in [0.3, 0.4) is 0 Å². The van der Waals surface area contributed by atoms with Crippen LogP contribution in [0.2, 0.25) is 0 Å². The molecule has 0 aromatic carbocycles. The van der Waals surface area contributed by atoms with E-state index in [1.807, 2.05) is 0 Å². The second-order valence-electron chi connectivity index (χ2n) is 6.96. The Hall–Kier alpha value is -0.690. The van der Waals surface area contributed by atoms with Crippen LogP contribution < -0.4 is 5.32 Å². The molecule has 0 spiro atoms. The van der Waals surface area contributed by atoms with Crippen LogP contribution in [0, 0.1) is 5.92 Å². The number of hydrogen-bond donors (Lipinski definition) is 1. The summed E-state index contributed by atoms with van der Waals surface area (Å²) in [6.45, 7) is 8.47. The van der Waals surface area contributed by atoms with Gasteiger partial charge in [-0.3, -0.25) is 0 Å². The predicted molar refractivity (Wildman–Crippen MR) is 90.9 cm³/mol.